The zero-order valence-corrected chi connectivity index (χ0v) is 11.6. The quantitative estimate of drug-likeness (QED) is 0.558. The molecule has 4 rings (SSSR count). The minimum absolute atomic E-state index is 0.560. The molecular formula is C15H11N3OS. The average molecular weight is 281 g/mol. The summed E-state index contributed by atoms with van der Waals surface area (Å²) in [4.78, 5) is 0.990. The standard InChI is InChI=1S/C15H11N3OS/c1-18-9-11(10-5-2-3-6-12(10)18)14-16-17-15(19-14)13-7-4-8-20-13/h2-9H,1H3. The number of hydrogen-bond donors (Lipinski definition) is 0. The lowest BCUT2D eigenvalue weighted by Crippen LogP contribution is -1.81. The van der Waals surface area contributed by atoms with E-state index < -0.39 is 0 Å². The van der Waals surface area contributed by atoms with Crippen LogP contribution in [-0.2, 0) is 7.05 Å². The summed E-state index contributed by atoms with van der Waals surface area (Å²) in [5.41, 5.74) is 2.12. The topological polar surface area (TPSA) is 43.9 Å². The van der Waals surface area contributed by atoms with Crippen LogP contribution >= 0.6 is 11.3 Å². The van der Waals surface area contributed by atoms with Crippen LogP contribution in [0.2, 0.25) is 0 Å². The molecule has 0 saturated carbocycles. The summed E-state index contributed by atoms with van der Waals surface area (Å²) in [6.07, 6.45) is 2.02. The van der Waals surface area contributed by atoms with Crippen molar-refractivity contribution in [2.75, 3.05) is 0 Å². The molecule has 0 aliphatic heterocycles. The number of fused-ring (bicyclic) bond motifs is 1. The lowest BCUT2D eigenvalue weighted by atomic mass is 10.2. The van der Waals surface area contributed by atoms with Gasteiger partial charge in [0.25, 0.3) is 5.89 Å². The van der Waals surface area contributed by atoms with E-state index in [-0.39, 0.29) is 0 Å². The van der Waals surface area contributed by atoms with Gasteiger partial charge in [0.15, 0.2) is 0 Å². The van der Waals surface area contributed by atoms with Gasteiger partial charge < -0.3 is 8.98 Å². The van der Waals surface area contributed by atoms with Gasteiger partial charge in [-0.15, -0.1) is 21.5 Å². The van der Waals surface area contributed by atoms with E-state index in [2.05, 4.69) is 26.9 Å². The van der Waals surface area contributed by atoms with Crippen molar-refractivity contribution in [3.05, 3.63) is 48.0 Å². The fourth-order valence-electron chi connectivity index (χ4n) is 2.34. The molecule has 20 heavy (non-hydrogen) atoms. The van der Waals surface area contributed by atoms with Crippen LogP contribution in [0.1, 0.15) is 0 Å². The molecule has 0 unspecified atom stereocenters. The summed E-state index contributed by atoms with van der Waals surface area (Å²) < 4.78 is 7.88. The Kier molecular flexibility index (Phi) is 2.47. The van der Waals surface area contributed by atoms with Gasteiger partial charge in [-0.3, -0.25) is 0 Å². The third-order valence-corrected chi connectivity index (χ3v) is 4.14. The first-order valence-electron chi connectivity index (χ1n) is 6.25. The largest absolute Gasteiger partial charge is 0.415 e. The minimum Gasteiger partial charge on any atom is -0.415 e. The highest BCUT2D eigenvalue weighted by Crippen LogP contribution is 2.32. The fraction of sp³-hybridized carbons (Fsp3) is 0.0667. The number of aromatic nitrogens is 3. The van der Waals surface area contributed by atoms with Crippen molar-refractivity contribution in [2.45, 2.75) is 0 Å². The number of benzene rings is 1. The van der Waals surface area contributed by atoms with Crippen molar-refractivity contribution in [1.29, 1.82) is 0 Å². The van der Waals surface area contributed by atoms with E-state index in [9.17, 15) is 0 Å². The van der Waals surface area contributed by atoms with Crippen LogP contribution in [0.25, 0.3) is 33.1 Å². The second-order valence-electron chi connectivity index (χ2n) is 4.56. The van der Waals surface area contributed by atoms with Crippen LogP contribution < -0.4 is 0 Å². The molecule has 0 radical (unpaired) electrons. The lowest BCUT2D eigenvalue weighted by molar-refractivity contribution is 0.586. The second-order valence-corrected chi connectivity index (χ2v) is 5.51. The van der Waals surface area contributed by atoms with Crippen molar-refractivity contribution in [1.82, 2.24) is 14.8 Å². The normalized spacial score (nSPS) is 11.2. The SMILES string of the molecule is Cn1cc(-c2nnc(-c3cccs3)o2)c2ccccc21. The molecule has 0 bridgehead atoms. The molecular weight excluding hydrogens is 270 g/mol. The lowest BCUT2D eigenvalue weighted by Gasteiger charge is -1.93. The molecule has 3 heterocycles. The Morgan fingerprint density at radius 3 is 2.75 bits per heavy atom. The monoisotopic (exact) mass is 281 g/mol. The molecule has 3 aromatic heterocycles. The van der Waals surface area contributed by atoms with E-state index in [0.29, 0.717) is 11.8 Å². The molecule has 0 amide bonds. The Hall–Kier alpha value is -2.40. The van der Waals surface area contributed by atoms with Crippen LogP contribution in [0.5, 0.6) is 0 Å². The first-order valence-corrected chi connectivity index (χ1v) is 7.13. The van der Waals surface area contributed by atoms with Gasteiger partial charge in [-0.25, -0.2) is 0 Å². The van der Waals surface area contributed by atoms with Crippen molar-refractivity contribution >= 4 is 22.2 Å². The zero-order valence-electron chi connectivity index (χ0n) is 10.8. The highest BCUT2D eigenvalue weighted by molar-refractivity contribution is 7.13. The third kappa shape index (κ3) is 1.67. The van der Waals surface area contributed by atoms with Crippen LogP contribution in [-0.4, -0.2) is 14.8 Å². The first-order chi connectivity index (χ1) is 9.83. The highest BCUT2D eigenvalue weighted by atomic mass is 32.1. The van der Waals surface area contributed by atoms with E-state index in [1.807, 2.05) is 42.9 Å². The molecule has 4 nitrogen and oxygen atoms in total. The van der Waals surface area contributed by atoms with Crippen LogP contribution in [0.3, 0.4) is 0 Å². The number of para-hydroxylation sites is 1. The van der Waals surface area contributed by atoms with Gasteiger partial charge in [-0.2, -0.15) is 0 Å². The predicted octanol–water partition coefficient (Wildman–Crippen LogP) is 3.96. The molecule has 4 aromatic rings. The predicted molar refractivity (Wildman–Crippen MR) is 79.5 cm³/mol. The molecule has 0 fully saturated rings. The van der Waals surface area contributed by atoms with Gasteiger partial charge in [0.1, 0.15) is 0 Å². The maximum atomic E-state index is 5.81. The van der Waals surface area contributed by atoms with Crippen LogP contribution in [0, 0.1) is 0 Å². The Morgan fingerprint density at radius 1 is 1.05 bits per heavy atom. The molecule has 0 atom stereocenters. The van der Waals surface area contributed by atoms with E-state index in [0.717, 1.165) is 21.3 Å². The molecule has 98 valence electrons. The van der Waals surface area contributed by atoms with E-state index in [1.165, 1.54) is 0 Å². The summed E-state index contributed by atoms with van der Waals surface area (Å²) in [6.45, 7) is 0. The molecule has 0 N–H and O–H groups in total. The summed E-state index contributed by atoms with van der Waals surface area (Å²) in [6, 6.07) is 12.1. The highest BCUT2D eigenvalue weighted by Gasteiger charge is 2.15. The van der Waals surface area contributed by atoms with Crippen LogP contribution in [0.15, 0.2) is 52.4 Å². The maximum absolute atomic E-state index is 5.81. The average Bonchev–Trinajstić information content (AvgIpc) is 3.17. The Labute approximate surface area is 119 Å². The van der Waals surface area contributed by atoms with Crippen molar-refractivity contribution in [3.63, 3.8) is 0 Å². The molecule has 1 aromatic carbocycles. The Morgan fingerprint density at radius 2 is 1.90 bits per heavy atom. The van der Waals surface area contributed by atoms with Crippen molar-refractivity contribution in [3.8, 4) is 22.2 Å². The van der Waals surface area contributed by atoms with E-state index in [4.69, 9.17) is 4.42 Å². The number of rotatable bonds is 2. The minimum atomic E-state index is 0.560. The first kappa shape index (κ1) is 11.4. The molecule has 5 heteroatoms. The third-order valence-electron chi connectivity index (χ3n) is 3.28. The Bertz CT molecular complexity index is 874. The zero-order chi connectivity index (χ0) is 13.5. The van der Waals surface area contributed by atoms with Gasteiger partial charge in [0, 0.05) is 24.1 Å². The van der Waals surface area contributed by atoms with Crippen molar-refractivity contribution < 1.29 is 4.42 Å². The number of nitrogens with zero attached hydrogens (tertiary/aromatic N) is 3. The van der Waals surface area contributed by atoms with Gasteiger partial charge in [-0.1, -0.05) is 24.3 Å². The second kappa shape index (κ2) is 4.31. The van der Waals surface area contributed by atoms with Gasteiger partial charge in [0.05, 0.1) is 10.4 Å². The van der Waals surface area contributed by atoms with Gasteiger partial charge in [-0.05, 0) is 17.5 Å². The Balaban J connectivity index is 1.88. The molecule has 0 spiro atoms. The van der Waals surface area contributed by atoms with Gasteiger partial charge >= 0.3 is 0 Å². The molecule has 0 saturated heterocycles. The molecule has 0 aliphatic carbocycles. The maximum Gasteiger partial charge on any atom is 0.258 e. The van der Waals surface area contributed by atoms with Crippen molar-refractivity contribution in [2.24, 2.45) is 7.05 Å². The molecule has 0 aliphatic rings. The number of thiophene rings is 1. The summed E-state index contributed by atoms with van der Waals surface area (Å²) in [5.74, 6) is 1.13. The number of hydrogen-bond acceptors (Lipinski definition) is 4. The summed E-state index contributed by atoms with van der Waals surface area (Å²) >= 11 is 1.59. The summed E-state index contributed by atoms with van der Waals surface area (Å²) in [7, 11) is 2.02. The van der Waals surface area contributed by atoms with Gasteiger partial charge in [0.2, 0.25) is 5.89 Å². The fourth-order valence-corrected chi connectivity index (χ4v) is 2.99. The smallest absolute Gasteiger partial charge is 0.258 e. The van der Waals surface area contributed by atoms with Crippen LogP contribution in [0.4, 0.5) is 0 Å². The van der Waals surface area contributed by atoms with E-state index >= 15 is 0 Å². The summed E-state index contributed by atoms with van der Waals surface area (Å²) in [5, 5.41) is 11.4. The van der Waals surface area contributed by atoms with E-state index in [1.54, 1.807) is 11.3 Å². The number of aryl methyl sites for hydroxylation is 1.